The first-order chi connectivity index (χ1) is 8.72. The van der Waals surface area contributed by atoms with Crippen LogP contribution in [0.1, 0.15) is 24.8 Å². The molecule has 0 aromatic heterocycles. The van der Waals surface area contributed by atoms with E-state index in [0.29, 0.717) is 12.0 Å². The fourth-order valence-corrected chi connectivity index (χ4v) is 2.00. The summed E-state index contributed by atoms with van der Waals surface area (Å²) >= 11 is 0. The van der Waals surface area contributed by atoms with Gasteiger partial charge in [0.25, 0.3) is 0 Å². The Morgan fingerprint density at radius 3 is 2.50 bits per heavy atom. The summed E-state index contributed by atoms with van der Waals surface area (Å²) in [6, 6.07) is 14.9. The van der Waals surface area contributed by atoms with E-state index in [4.69, 9.17) is 5.41 Å². The van der Waals surface area contributed by atoms with Crippen LogP contribution in [0.5, 0.6) is 0 Å². The van der Waals surface area contributed by atoms with E-state index in [2.05, 4.69) is 0 Å². The summed E-state index contributed by atoms with van der Waals surface area (Å²) < 4.78 is 14.1. The molecule has 1 nitrogen and oxygen atoms in total. The maximum atomic E-state index is 14.1. The number of rotatable bonds is 4. The van der Waals surface area contributed by atoms with Crippen LogP contribution in [0.2, 0.25) is 0 Å². The standard InChI is InChI=1S/C16H16FN/c1-12(9-10-18)14-7-8-15(16(17)11-14)13-5-3-2-4-6-13/h2-8,10-12,18H,9H2,1H3. The molecule has 0 spiro atoms. The molecule has 1 unspecified atom stereocenters. The molecule has 2 aromatic rings. The molecule has 2 heteroatoms. The summed E-state index contributed by atoms with van der Waals surface area (Å²) in [5.41, 5.74) is 2.46. The van der Waals surface area contributed by atoms with Crippen molar-refractivity contribution in [1.82, 2.24) is 0 Å². The molecule has 0 saturated carbocycles. The van der Waals surface area contributed by atoms with Crippen molar-refractivity contribution in [3.63, 3.8) is 0 Å². The molecule has 0 aliphatic carbocycles. The summed E-state index contributed by atoms with van der Waals surface area (Å²) in [6.45, 7) is 2.00. The zero-order valence-corrected chi connectivity index (χ0v) is 10.4. The molecule has 18 heavy (non-hydrogen) atoms. The van der Waals surface area contributed by atoms with Crippen molar-refractivity contribution in [2.24, 2.45) is 0 Å². The van der Waals surface area contributed by atoms with Crippen LogP contribution >= 0.6 is 0 Å². The highest BCUT2D eigenvalue weighted by Gasteiger charge is 2.09. The SMILES string of the molecule is CC(CC=N)c1ccc(-c2ccccc2)c(F)c1. The minimum Gasteiger partial charge on any atom is -0.313 e. The molecule has 0 radical (unpaired) electrons. The highest BCUT2D eigenvalue weighted by Crippen LogP contribution is 2.26. The second-order valence-corrected chi connectivity index (χ2v) is 4.45. The first-order valence-electron chi connectivity index (χ1n) is 6.06. The third-order valence-corrected chi connectivity index (χ3v) is 3.12. The van der Waals surface area contributed by atoms with Gasteiger partial charge in [0.05, 0.1) is 0 Å². The Labute approximate surface area is 107 Å². The van der Waals surface area contributed by atoms with Gasteiger partial charge in [-0.05, 0) is 35.7 Å². The van der Waals surface area contributed by atoms with Crippen LogP contribution in [-0.4, -0.2) is 6.21 Å². The smallest absolute Gasteiger partial charge is 0.131 e. The van der Waals surface area contributed by atoms with Crippen LogP contribution < -0.4 is 0 Å². The second kappa shape index (κ2) is 5.58. The van der Waals surface area contributed by atoms with Crippen LogP contribution in [0.15, 0.2) is 48.5 Å². The van der Waals surface area contributed by atoms with E-state index in [0.717, 1.165) is 11.1 Å². The van der Waals surface area contributed by atoms with Crippen molar-refractivity contribution in [3.8, 4) is 11.1 Å². The van der Waals surface area contributed by atoms with Crippen molar-refractivity contribution in [2.75, 3.05) is 0 Å². The predicted molar refractivity (Wildman–Crippen MR) is 73.7 cm³/mol. The molecule has 0 amide bonds. The van der Waals surface area contributed by atoms with Gasteiger partial charge in [-0.25, -0.2) is 4.39 Å². The van der Waals surface area contributed by atoms with E-state index >= 15 is 0 Å². The summed E-state index contributed by atoms with van der Waals surface area (Å²) in [5, 5.41) is 7.09. The summed E-state index contributed by atoms with van der Waals surface area (Å²) in [4.78, 5) is 0. The van der Waals surface area contributed by atoms with Gasteiger partial charge >= 0.3 is 0 Å². The second-order valence-electron chi connectivity index (χ2n) is 4.45. The number of benzene rings is 2. The molecule has 2 aromatic carbocycles. The molecular weight excluding hydrogens is 225 g/mol. The zero-order valence-electron chi connectivity index (χ0n) is 10.4. The highest BCUT2D eigenvalue weighted by molar-refractivity contribution is 5.64. The van der Waals surface area contributed by atoms with Crippen molar-refractivity contribution in [3.05, 3.63) is 59.9 Å². The Kier molecular flexibility index (Phi) is 3.88. The molecule has 0 fully saturated rings. The Balaban J connectivity index is 2.34. The van der Waals surface area contributed by atoms with E-state index in [1.54, 1.807) is 6.07 Å². The van der Waals surface area contributed by atoms with Crippen molar-refractivity contribution >= 4 is 6.21 Å². The molecule has 0 heterocycles. The number of hydrogen-bond acceptors (Lipinski definition) is 1. The van der Waals surface area contributed by atoms with Gasteiger partial charge in [-0.2, -0.15) is 0 Å². The van der Waals surface area contributed by atoms with Gasteiger partial charge in [0, 0.05) is 5.56 Å². The average molecular weight is 241 g/mol. The van der Waals surface area contributed by atoms with E-state index in [1.807, 2.05) is 49.4 Å². The molecule has 0 saturated heterocycles. The molecular formula is C16H16FN. The number of hydrogen-bond donors (Lipinski definition) is 1. The first-order valence-corrected chi connectivity index (χ1v) is 6.06. The highest BCUT2D eigenvalue weighted by atomic mass is 19.1. The molecule has 2 rings (SSSR count). The topological polar surface area (TPSA) is 23.9 Å². The van der Waals surface area contributed by atoms with Gasteiger partial charge in [-0.3, -0.25) is 0 Å². The molecule has 1 N–H and O–H groups in total. The van der Waals surface area contributed by atoms with Gasteiger partial charge in [0.2, 0.25) is 0 Å². The van der Waals surface area contributed by atoms with E-state index in [-0.39, 0.29) is 11.7 Å². The lowest BCUT2D eigenvalue weighted by Crippen LogP contribution is -1.96. The Hall–Kier alpha value is -1.96. The summed E-state index contributed by atoms with van der Waals surface area (Å²) in [7, 11) is 0. The number of nitrogens with one attached hydrogen (secondary N) is 1. The maximum absolute atomic E-state index is 14.1. The minimum atomic E-state index is -0.199. The van der Waals surface area contributed by atoms with Crippen LogP contribution in [0.25, 0.3) is 11.1 Å². The molecule has 0 bridgehead atoms. The van der Waals surface area contributed by atoms with Gasteiger partial charge < -0.3 is 5.41 Å². The van der Waals surface area contributed by atoms with Gasteiger partial charge in [-0.1, -0.05) is 49.4 Å². The lowest BCUT2D eigenvalue weighted by atomic mass is 9.95. The predicted octanol–water partition coefficient (Wildman–Crippen LogP) is 4.64. The average Bonchev–Trinajstić information content (AvgIpc) is 2.40. The molecule has 92 valence electrons. The van der Waals surface area contributed by atoms with E-state index < -0.39 is 0 Å². The van der Waals surface area contributed by atoms with Crippen molar-refractivity contribution in [1.29, 1.82) is 5.41 Å². The van der Waals surface area contributed by atoms with Crippen LogP contribution in [0, 0.1) is 11.2 Å². The van der Waals surface area contributed by atoms with Crippen LogP contribution in [0.4, 0.5) is 4.39 Å². The third kappa shape index (κ3) is 2.65. The van der Waals surface area contributed by atoms with Crippen molar-refractivity contribution < 1.29 is 4.39 Å². The molecule has 0 aliphatic rings. The minimum absolute atomic E-state index is 0.182. The van der Waals surface area contributed by atoms with Crippen molar-refractivity contribution in [2.45, 2.75) is 19.3 Å². The fraction of sp³-hybridized carbons (Fsp3) is 0.188. The Bertz CT molecular complexity index is 534. The Morgan fingerprint density at radius 1 is 1.17 bits per heavy atom. The van der Waals surface area contributed by atoms with Gasteiger partial charge in [0.1, 0.15) is 5.82 Å². The number of halogens is 1. The van der Waals surface area contributed by atoms with Crippen LogP contribution in [0.3, 0.4) is 0 Å². The van der Waals surface area contributed by atoms with Gasteiger partial charge in [-0.15, -0.1) is 0 Å². The largest absolute Gasteiger partial charge is 0.313 e. The third-order valence-electron chi connectivity index (χ3n) is 3.12. The Morgan fingerprint density at radius 2 is 1.89 bits per heavy atom. The summed E-state index contributed by atoms with van der Waals surface area (Å²) in [6.07, 6.45) is 2.01. The fourth-order valence-electron chi connectivity index (χ4n) is 2.00. The monoisotopic (exact) mass is 241 g/mol. The summed E-state index contributed by atoms with van der Waals surface area (Å²) in [5.74, 6) is -0.0163. The van der Waals surface area contributed by atoms with Crippen LogP contribution in [-0.2, 0) is 0 Å². The zero-order chi connectivity index (χ0) is 13.0. The van der Waals surface area contributed by atoms with E-state index in [1.165, 1.54) is 6.21 Å². The van der Waals surface area contributed by atoms with E-state index in [9.17, 15) is 4.39 Å². The first kappa shape index (κ1) is 12.5. The normalized spacial score (nSPS) is 12.1. The molecule has 1 atom stereocenters. The maximum Gasteiger partial charge on any atom is 0.131 e. The molecule has 0 aliphatic heterocycles. The lowest BCUT2D eigenvalue weighted by Gasteiger charge is -2.11. The quantitative estimate of drug-likeness (QED) is 0.754. The lowest BCUT2D eigenvalue weighted by molar-refractivity contribution is 0.626. The van der Waals surface area contributed by atoms with Gasteiger partial charge in [0.15, 0.2) is 0 Å².